The topological polar surface area (TPSA) is 113 Å². The van der Waals surface area contributed by atoms with E-state index in [9.17, 15) is 28.9 Å². The van der Waals surface area contributed by atoms with Crippen LogP contribution in [0.3, 0.4) is 0 Å². The van der Waals surface area contributed by atoms with Crippen molar-refractivity contribution < 1.29 is 23.7 Å². The average molecular weight is 426 g/mol. The van der Waals surface area contributed by atoms with Gasteiger partial charge in [-0.2, -0.15) is 0 Å². The maximum atomic E-state index is 13.3. The van der Waals surface area contributed by atoms with Crippen LogP contribution in [0.1, 0.15) is 24.5 Å². The summed E-state index contributed by atoms with van der Waals surface area (Å²) in [6.45, 7) is 1.55. The molecule has 0 spiro atoms. The molecular formula is C21H19FN4O5. The second-order valence-electron chi connectivity index (χ2n) is 7.45. The van der Waals surface area contributed by atoms with Crippen molar-refractivity contribution in [2.45, 2.75) is 25.3 Å². The van der Waals surface area contributed by atoms with E-state index in [2.05, 4.69) is 5.32 Å². The standard InChI is InChI=1S/C21H19FN4O5/c1-2-21(14-3-5-15(22)6-4-14)19(28)25(20(29)23-21)12-18(27)24-10-9-13-11-16(26(30)31)7-8-17(13)24/h3-8,11H,2,9-10,12H2,1H3,(H,23,29). The van der Waals surface area contributed by atoms with E-state index in [1.807, 2.05) is 0 Å². The van der Waals surface area contributed by atoms with Crippen LogP contribution < -0.4 is 10.2 Å². The first-order valence-electron chi connectivity index (χ1n) is 9.74. The summed E-state index contributed by atoms with van der Waals surface area (Å²) in [5, 5.41) is 13.6. The van der Waals surface area contributed by atoms with E-state index in [0.717, 1.165) is 4.90 Å². The van der Waals surface area contributed by atoms with Gasteiger partial charge in [0.05, 0.1) is 4.92 Å². The largest absolute Gasteiger partial charge is 0.325 e. The number of hydrogen-bond acceptors (Lipinski definition) is 5. The molecule has 0 bridgehead atoms. The second-order valence-corrected chi connectivity index (χ2v) is 7.45. The minimum absolute atomic E-state index is 0.0609. The lowest BCUT2D eigenvalue weighted by atomic mass is 9.87. The highest BCUT2D eigenvalue weighted by Gasteiger charge is 2.52. The van der Waals surface area contributed by atoms with Crippen LogP contribution in [0, 0.1) is 15.9 Å². The molecule has 1 fully saturated rings. The number of halogens is 1. The highest BCUT2D eigenvalue weighted by molar-refractivity contribution is 6.11. The van der Waals surface area contributed by atoms with E-state index < -0.39 is 40.7 Å². The zero-order chi connectivity index (χ0) is 22.3. The number of imide groups is 1. The number of anilines is 1. The predicted octanol–water partition coefficient (Wildman–Crippen LogP) is 2.48. The van der Waals surface area contributed by atoms with Crippen molar-refractivity contribution in [2.24, 2.45) is 0 Å². The monoisotopic (exact) mass is 426 g/mol. The predicted molar refractivity (Wildman–Crippen MR) is 108 cm³/mol. The van der Waals surface area contributed by atoms with E-state index >= 15 is 0 Å². The van der Waals surface area contributed by atoms with Gasteiger partial charge in [-0.3, -0.25) is 24.6 Å². The number of benzene rings is 2. The Morgan fingerprint density at radius 1 is 1.23 bits per heavy atom. The van der Waals surface area contributed by atoms with Crippen molar-refractivity contribution in [3.05, 3.63) is 69.5 Å². The number of rotatable bonds is 5. The van der Waals surface area contributed by atoms with Crippen molar-refractivity contribution in [1.82, 2.24) is 10.2 Å². The van der Waals surface area contributed by atoms with Crippen LogP contribution in [0.2, 0.25) is 0 Å². The molecule has 1 atom stereocenters. The molecule has 0 aromatic heterocycles. The van der Waals surface area contributed by atoms with Crippen LogP contribution in [-0.2, 0) is 21.5 Å². The first-order chi connectivity index (χ1) is 14.8. The van der Waals surface area contributed by atoms with Crippen LogP contribution >= 0.6 is 0 Å². The van der Waals surface area contributed by atoms with Crippen molar-refractivity contribution >= 4 is 29.2 Å². The number of nitro groups is 1. The molecule has 2 aliphatic heterocycles. The summed E-state index contributed by atoms with van der Waals surface area (Å²) in [6, 6.07) is 8.83. The SMILES string of the molecule is CCC1(c2ccc(F)cc2)NC(=O)N(CC(=O)N2CCc3cc([N+](=O)[O-])ccc32)C1=O. The lowest BCUT2D eigenvalue weighted by molar-refractivity contribution is -0.384. The number of nitrogens with one attached hydrogen (secondary N) is 1. The Labute approximate surface area is 176 Å². The summed E-state index contributed by atoms with van der Waals surface area (Å²) in [5.41, 5.74) is 0.198. The molecule has 2 aliphatic rings. The summed E-state index contributed by atoms with van der Waals surface area (Å²) in [6.07, 6.45) is 0.668. The number of fused-ring (bicyclic) bond motifs is 1. The molecule has 9 nitrogen and oxygen atoms in total. The number of amides is 4. The molecule has 2 heterocycles. The lowest BCUT2D eigenvalue weighted by Crippen LogP contribution is -2.45. The van der Waals surface area contributed by atoms with Crippen LogP contribution in [-0.4, -0.2) is 40.8 Å². The van der Waals surface area contributed by atoms with E-state index in [0.29, 0.717) is 29.8 Å². The Bertz CT molecular complexity index is 1100. The number of nitro benzene ring substituents is 1. The highest BCUT2D eigenvalue weighted by atomic mass is 19.1. The molecular weight excluding hydrogens is 407 g/mol. The Balaban J connectivity index is 1.56. The Morgan fingerprint density at radius 2 is 1.94 bits per heavy atom. The van der Waals surface area contributed by atoms with E-state index in [1.54, 1.807) is 6.92 Å². The Kier molecular flexibility index (Phi) is 4.92. The van der Waals surface area contributed by atoms with E-state index in [-0.39, 0.29) is 12.1 Å². The number of hydrogen-bond donors (Lipinski definition) is 1. The third-order valence-corrected chi connectivity index (χ3v) is 5.81. The summed E-state index contributed by atoms with van der Waals surface area (Å²) in [7, 11) is 0. The van der Waals surface area contributed by atoms with Crippen LogP contribution in [0.4, 0.5) is 20.6 Å². The number of carbonyl (C=O) groups excluding carboxylic acids is 3. The van der Waals surface area contributed by atoms with Crippen LogP contribution in [0.15, 0.2) is 42.5 Å². The highest BCUT2D eigenvalue weighted by Crippen LogP contribution is 2.34. The molecule has 1 saturated heterocycles. The molecule has 2 aromatic carbocycles. The minimum atomic E-state index is -1.37. The fourth-order valence-corrected chi connectivity index (χ4v) is 4.12. The maximum absolute atomic E-state index is 13.3. The third kappa shape index (κ3) is 3.29. The smallest absolute Gasteiger partial charge is 0.319 e. The minimum Gasteiger partial charge on any atom is -0.319 e. The van der Waals surface area contributed by atoms with Crippen molar-refractivity contribution in [1.29, 1.82) is 0 Å². The zero-order valence-electron chi connectivity index (χ0n) is 16.6. The average Bonchev–Trinajstić information content (AvgIpc) is 3.28. The fourth-order valence-electron chi connectivity index (χ4n) is 4.12. The molecule has 0 saturated carbocycles. The normalized spacial score (nSPS) is 20.1. The van der Waals surface area contributed by atoms with Crippen LogP contribution in [0.5, 0.6) is 0 Å². The molecule has 160 valence electrons. The van der Waals surface area contributed by atoms with E-state index in [1.165, 1.54) is 47.4 Å². The van der Waals surface area contributed by atoms with Crippen molar-refractivity contribution in [3.63, 3.8) is 0 Å². The van der Waals surface area contributed by atoms with Gasteiger partial charge in [-0.25, -0.2) is 9.18 Å². The zero-order valence-corrected chi connectivity index (χ0v) is 16.6. The van der Waals surface area contributed by atoms with Crippen LogP contribution in [0.25, 0.3) is 0 Å². The lowest BCUT2D eigenvalue weighted by Gasteiger charge is -2.26. The molecule has 31 heavy (non-hydrogen) atoms. The molecule has 4 rings (SSSR count). The van der Waals surface area contributed by atoms with Gasteiger partial charge < -0.3 is 10.2 Å². The Hall–Kier alpha value is -3.82. The Morgan fingerprint density at radius 3 is 2.58 bits per heavy atom. The van der Waals surface area contributed by atoms with Crippen molar-refractivity contribution in [2.75, 3.05) is 18.0 Å². The van der Waals surface area contributed by atoms with Gasteiger partial charge in [-0.1, -0.05) is 19.1 Å². The number of carbonyl (C=O) groups is 3. The van der Waals surface area contributed by atoms with Gasteiger partial charge in [0.15, 0.2) is 0 Å². The maximum Gasteiger partial charge on any atom is 0.325 e. The van der Waals surface area contributed by atoms with Gasteiger partial charge in [-0.05, 0) is 42.2 Å². The summed E-state index contributed by atoms with van der Waals surface area (Å²) in [5.74, 6) is -1.52. The van der Waals surface area contributed by atoms with E-state index in [4.69, 9.17) is 0 Å². The third-order valence-electron chi connectivity index (χ3n) is 5.81. The molecule has 1 N–H and O–H groups in total. The number of nitrogens with zero attached hydrogens (tertiary/aromatic N) is 3. The van der Waals surface area contributed by atoms with Gasteiger partial charge in [0, 0.05) is 24.4 Å². The first-order valence-corrected chi connectivity index (χ1v) is 9.74. The molecule has 0 aliphatic carbocycles. The quantitative estimate of drug-likeness (QED) is 0.448. The summed E-state index contributed by atoms with van der Waals surface area (Å²) in [4.78, 5) is 51.4. The van der Waals surface area contributed by atoms with Gasteiger partial charge in [-0.15, -0.1) is 0 Å². The number of urea groups is 1. The van der Waals surface area contributed by atoms with Crippen molar-refractivity contribution in [3.8, 4) is 0 Å². The van der Waals surface area contributed by atoms with Gasteiger partial charge in [0.1, 0.15) is 17.9 Å². The first kappa shape index (κ1) is 20.5. The molecule has 0 radical (unpaired) electrons. The molecule has 2 aromatic rings. The number of non-ortho nitro benzene ring substituents is 1. The molecule has 10 heteroatoms. The van der Waals surface area contributed by atoms with Gasteiger partial charge in [0.25, 0.3) is 11.6 Å². The summed E-state index contributed by atoms with van der Waals surface area (Å²) >= 11 is 0. The molecule has 1 unspecified atom stereocenters. The second kappa shape index (κ2) is 7.46. The van der Waals surface area contributed by atoms with Gasteiger partial charge >= 0.3 is 6.03 Å². The van der Waals surface area contributed by atoms with Gasteiger partial charge in [0.2, 0.25) is 5.91 Å². The molecule has 4 amide bonds. The summed E-state index contributed by atoms with van der Waals surface area (Å²) < 4.78 is 13.3. The fraction of sp³-hybridized carbons (Fsp3) is 0.286.